The minimum Gasteiger partial charge on any atom is -0.468 e. The average molecular weight is 273 g/mol. The van der Waals surface area contributed by atoms with Crippen LogP contribution in [0.2, 0.25) is 0 Å². The molecule has 0 saturated heterocycles. The summed E-state index contributed by atoms with van der Waals surface area (Å²) in [5.41, 5.74) is -0.434. The SMILES string of the molecule is CCNC1(C(=O)OC)CCCC(SCC(C)C)C1. The Hall–Kier alpha value is -0.220. The van der Waals surface area contributed by atoms with E-state index in [1.807, 2.05) is 11.8 Å². The van der Waals surface area contributed by atoms with E-state index in [2.05, 4.69) is 26.1 Å². The lowest BCUT2D eigenvalue weighted by Crippen LogP contribution is -2.56. The van der Waals surface area contributed by atoms with Gasteiger partial charge in [-0.2, -0.15) is 11.8 Å². The Morgan fingerprint density at radius 1 is 1.56 bits per heavy atom. The molecule has 1 aliphatic carbocycles. The molecule has 1 rings (SSSR count). The molecule has 1 aliphatic rings. The Kier molecular flexibility index (Phi) is 6.50. The number of methoxy groups -OCH3 is 1. The number of hydrogen-bond donors (Lipinski definition) is 1. The standard InChI is InChI=1S/C14H27NO2S/c1-5-15-14(13(16)17-4)8-6-7-12(9-14)18-10-11(2)3/h11-12,15H,5-10H2,1-4H3. The first-order chi connectivity index (χ1) is 8.54. The van der Waals surface area contributed by atoms with Gasteiger partial charge in [-0.3, -0.25) is 4.79 Å². The van der Waals surface area contributed by atoms with Crippen LogP contribution in [-0.4, -0.2) is 36.2 Å². The summed E-state index contributed by atoms with van der Waals surface area (Å²) in [4.78, 5) is 12.1. The van der Waals surface area contributed by atoms with Crippen molar-refractivity contribution < 1.29 is 9.53 Å². The molecule has 0 aliphatic heterocycles. The van der Waals surface area contributed by atoms with Crippen molar-refractivity contribution in [3.63, 3.8) is 0 Å². The van der Waals surface area contributed by atoms with Crippen LogP contribution in [0.25, 0.3) is 0 Å². The van der Waals surface area contributed by atoms with Crippen LogP contribution in [0.15, 0.2) is 0 Å². The molecule has 106 valence electrons. The van der Waals surface area contributed by atoms with Gasteiger partial charge < -0.3 is 10.1 Å². The van der Waals surface area contributed by atoms with E-state index in [0.717, 1.165) is 25.8 Å². The monoisotopic (exact) mass is 273 g/mol. The highest BCUT2D eigenvalue weighted by atomic mass is 32.2. The van der Waals surface area contributed by atoms with Crippen molar-refractivity contribution in [2.24, 2.45) is 5.92 Å². The van der Waals surface area contributed by atoms with Crippen LogP contribution in [-0.2, 0) is 9.53 Å². The number of rotatable bonds is 6. The van der Waals surface area contributed by atoms with E-state index in [1.54, 1.807) is 0 Å². The zero-order chi connectivity index (χ0) is 13.6. The van der Waals surface area contributed by atoms with E-state index < -0.39 is 5.54 Å². The molecule has 1 fully saturated rings. The van der Waals surface area contributed by atoms with Crippen LogP contribution >= 0.6 is 11.8 Å². The van der Waals surface area contributed by atoms with Gasteiger partial charge in [0, 0.05) is 5.25 Å². The highest BCUT2D eigenvalue weighted by Crippen LogP contribution is 2.36. The van der Waals surface area contributed by atoms with E-state index >= 15 is 0 Å². The predicted octanol–water partition coefficient (Wildman–Crippen LogP) is 2.84. The molecular weight excluding hydrogens is 246 g/mol. The van der Waals surface area contributed by atoms with Crippen LogP contribution in [0.5, 0.6) is 0 Å². The number of likely N-dealkylation sites (N-methyl/N-ethyl adjacent to an activating group) is 1. The van der Waals surface area contributed by atoms with E-state index in [0.29, 0.717) is 11.2 Å². The van der Waals surface area contributed by atoms with Gasteiger partial charge in [-0.1, -0.05) is 20.8 Å². The minimum absolute atomic E-state index is 0.0841. The Morgan fingerprint density at radius 2 is 2.28 bits per heavy atom. The Balaban J connectivity index is 2.64. The summed E-state index contributed by atoms with van der Waals surface area (Å²) < 4.78 is 5.01. The fourth-order valence-corrected chi connectivity index (χ4v) is 4.04. The van der Waals surface area contributed by atoms with Crippen molar-refractivity contribution >= 4 is 17.7 Å². The van der Waals surface area contributed by atoms with Gasteiger partial charge >= 0.3 is 5.97 Å². The van der Waals surface area contributed by atoms with Crippen molar-refractivity contribution in [2.75, 3.05) is 19.4 Å². The normalized spacial score (nSPS) is 28.4. The molecule has 18 heavy (non-hydrogen) atoms. The van der Waals surface area contributed by atoms with E-state index in [1.165, 1.54) is 19.3 Å². The number of hydrogen-bond acceptors (Lipinski definition) is 4. The zero-order valence-electron chi connectivity index (χ0n) is 12.1. The van der Waals surface area contributed by atoms with E-state index in [4.69, 9.17) is 4.74 Å². The van der Waals surface area contributed by atoms with Crippen molar-refractivity contribution in [1.82, 2.24) is 5.32 Å². The van der Waals surface area contributed by atoms with E-state index in [-0.39, 0.29) is 5.97 Å². The van der Waals surface area contributed by atoms with Gasteiger partial charge in [0.05, 0.1) is 7.11 Å². The number of ether oxygens (including phenoxy) is 1. The Morgan fingerprint density at radius 3 is 2.83 bits per heavy atom. The summed E-state index contributed by atoms with van der Waals surface area (Å²) in [7, 11) is 1.49. The third-order valence-electron chi connectivity index (χ3n) is 3.46. The molecule has 0 bridgehead atoms. The van der Waals surface area contributed by atoms with Gasteiger partial charge in [0.15, 0.2) is 0 Å². The van der Waals surface area contributed by atoms with Gasteiger partial charge in [-0.25, -0.2) is 0 Å². The number of nitrogens with one attached hydrogen (secondary N) is 1. The molecule has 0 aromatic carbocycles. The molecule has 2 unspecified atom stereocenters. The number of esters is 1. The quantitative estimate of drug-likeness (QED) is 0.755. The highest BCUT2D eigenvalue weighted by molar-refractivity contribution is 7.99. The van der Waals surface area contributed by atoms with Gasteiger partial charge in [0.25, 0.3) is 0 Å². The number of carbonyl (C=O) groups excluding carboxylic acids is 1. The number of thioether (sulfide) groups is 1. The molecule has 0 spiro atoms. The van der Waals surface area contributed by atoms with Crippen molar-refractivity contribution in [2.45, 2.75) is 57.2 Å². The molecule has 0 aromatic heterocycles. The molecule has 0 radical (unpaired) electrons. The summed E-state index contributed by atoms with van der Waals surface area (Å²) in [6.07, 6.45) is 4.15. The van der Waals surface area contributed by atoms with Crippen LogP contribution in [0, 0.1) is 5.92 Å². The molecule has 2 atom stereocenters. The highest BCUT2D eigenvalue weighted by Gasteiger charge is 2.43. The Bertz CT molecular complexity index is 267. The lowest BCUT2D eigenvalue weighted by atomic mass is 9.81. The lowest BCUT2D eigenvalue weighted by Gasteiger charge is -2.39. The van der Waals surface area contributed by atoms with Gasteiger partial charge in [0.1, 0.15) is 5.54 Å². The molecule has 3 nitrogen and oxygen atoms in total. The molecule has 0 aromatic rings. The average Bonchev–Trinajstić information content (AvgIpc) is 2.36. The fourth-order valence-electron chi connectivity index (χ4n) is 2.65. The molecule has 0 heterocycles. The lowest BCUT2D eigenvalue weighted by molar-refractivity contribution is -0.150. The van der Waals surface area contributed by atoms with Crippen LogP contribution < -0.4 is 5.32 Å². The van der Waals surface area contributed by atoms with E-state index in [9.17, 15) is 4.79 Å². The summed E-state index contributed by atoms with van der Waals surface area (Å²) in [6.45, 7) is 7.35. The number of carbonyl (C=O) groups is 1. The zero-order valence-corrected chi connectivity index (χ0v) is 12.9. The maximum absolute atomic E-state index is 12.1. The maximum atomic E-state index is 12.1. The first-order valence-corrected chi connectivity index (χ1v) is 8.04. The van der Waals surface area contributed by atoms with Gasteiger partial charge in [-0.05, 0) is 43.9 Å². The summed E-state index contributed by atoms with van der Waals surface area (Å²) in [6, 6.07) is 0. The third kappa shape index (κ3) is 4.16. The summed E-state index contributed by atoms with van der Waals surface area (Å²) >= 11 is 2.01. The molecule has 1 N–H and O–H groups in total. The molecule has 1 saturated carbocycles. The van der Waals surface area contributed by atoms with Crippen molar-refractivity contribution in [1.29, 1.82) is 0 Å². The maximum Gasteiger partial charge on any atom is 0.326 e. The second-order valence-electron chi connectivity index (χ2n) is 5.55. The molecule has 0 amide bonds. The van der Waals surface area contributed by atoms with Crippen molar-refractivity contribution in [3.05, 3.63) is 0 Å². The smallest absolute Gasteiger partial charge is 0.326 e. The van der Waals surface area contributed by atoms with Crippen LogP contribution in [0.3, 0.4) is 0 Å². The predicted molar refractivity (Wildman–Crippen MR) is 78.0 cm³/mol. The van der Waals surface area contributed by atoms with Crippen LogP contribution in [0.1, 0.15) is 46.5 Å². The largest absolute Gasteiger partial charge is 0.468 e. The fraction of sp³-hybridized carbons (Fsp3) is 0.929. The first-order valence-electron chi connectivity index (χ1n) is 6.99. The summed E-state index contributed by atoms with van der Waals surface area (Å²) in [5.74, 6) is 1.80. The van der Waals surface area contributed by atoms with Crippen molar-refractivity contribution in [3.8, 4) is 0 Å². The molecular formula is C14H27NO2S. The van der Waals surface area contributed by atoms with Gasteiger partial charge in [-0.15, -0.1) is 0 Å². The second-order valence-corrected chi connectivity index (χ2v) is 6.88. The molecule has 4 heteroatoms. The second kappa shape index (κ2) is 7.39. The topological polar surface area (TPSA) is 38.3 Å². The Labute approximate surface area is 115 Å². The van der Waals surface area contributed by atoms with Crippen LogP contribution in [0.4, 0.5) is 0 Å². The minimum atomic E-state index is -0.434. The summed E-state index contributed by atoms with van der Waals surface area (Å²) in [5, 5.41) is 3.96. The van der Waals surface area contributed by atoms with Gasteiger partial charge in [0.2, 0.25) is 0 Å². The first kappa shape index (κ1) is 15.8. The third-order valence-corrected chi connectivity index (χ3v) is 5.20.